The van der Waals surface area contributed by atoms with Crippen molar-refractivity contribution in [3.05, 3.63) is 71.3 Å². The molecule has 0 aliphatic heterocycles. The molecule has 2 rings (SSSR count). The van der Waals surface area contributed by atoms with Crippen LogP contribution in [0.2, 0.25) is 0 Å². The Morgan fingerprint density at radius 3 is 2.46 bits per heavy atom. The molecule has 0 unspecified atom stereocenters. The van der Waals surface area contributed by atoms with Crippen molar-refractivity contribution >= 4 is 35.9 Å². The Morgan fingerprint density at radius 2 is 1.79 bits per heavy atom. The fourth-order valence-electron chi connectivity index (χ4n) is 2.08. The second kappa shape index (κ2) is 10.6. The van der Waals surface area contributed by atoms with E-state index in [1.54, 1.807) is 20.2 Å². The van der Waals surface area contributed by atoms with Crippen LogP contribution in [0.3, 0.4) is 0 Å². The lowest BCUT2D eigenvalue weighted by Gasteiger charge is -2.10. The molecular weight excluding hydrogens is 417 g/mol. The van der Waals surface area contributed by atoms with Gasteiger partial charge in [0.25, 0.3) is 0 Å². The highest BCUT2D eigenvalue weighted by atomic mass is 127. The van der Waals surface area contributed by atoms with Crippen molar-refractivity contribution in [3.63, 3.8) is 0 Å². The Labute approximate surface area is 159 Å². The van der Waals surface area contributed by atoms with Crippen molar-refractivity contribution in [1.82, 2.24) is 10.6 Å². The number of carbonyl (C=O) groups excluding carboxylic acids is 1. The molecule has 5 nitrogen and oxygen atoms in total. The topological polar surface area (TPSA) is 62.7 Å². The van der Waals surface area contributed by atoms with E-state index in [0.717, 1.165) is 11.1 Å². The smallest absolute Gasteiger partial charge is 0.338 e. The van der Waals surface area contributed by atoms with Gasteiger partial charge in [-0.3, -0.25) is 4.99 Å². The van der Waals surface area contributed by atoms with Crippen LogP contribution in [0.5, 0.6) is 0 Å². The van der Waals surface area contributed by atoms with Gasteiger partial charge < -0.3 is 15.4 Å². The van der Waals surface area contributed by atoms with Crippen LogP contribution in [0.15, 0.2) is 59.6 Å². The number of benzene rings is 2. The lowest BCUT2D eigenvalue weighted by molar-refractivity contribution is 0.0472. The number of aliphatic imine (C=N–C) groups is 1. The molecule has 6 heteroatoms. The van der Waals surface area contributed by atoms with E-state index in [2.05, 4.69) is 15.6 Å². The summed E-state index contributed by atoms with van der Waals surface area (Å²) >= 11 is 0. The van der Waals surface area contributed by atoms with Crippen molar-refractivity contribution in [1.29, 1.82) is 0 Å². The molecule has 0 bridgehead atoms. The van der Waals surface area contributed by atoms with Crippen LogP contribution in [0.4, 0.5) is 0 Å². The minimum atomic E-state index is -0.325. The number of rotatable bonds is 5. The van der Waals surface area contributed by atoms with Gasteiger partial charge in [-0.05, 0) is 23.3 Å². The first-order valence-corrected chi connectivity index (χ1v) is 7.41. The largest absolute Gasteiger partial charge is 0.457 e. The fraction of sp³-hybridized carbons (Fsp3) is 0.222. The van der Waals surface area contributed by atoms with E-state index in [9.17, 15) is 4.79 Å². The summed E-state index contributed by atoms with van der Waals surface area (Å²) in [6.07, 6.45) is 0. The van der Waals surface area contributed by atoms with Gasteiger partial charge >= 0.3 is 5.97 Å². The monoisotopic (exact) mass is 439 g/mol. The summed E-state index contributed by atoms with van der Waals surface area (Å²) in [6.45, 7) is 0.849. The lowest BCUT2D eigenvalue weighted by Crippen LogP contribution is -2.34. The number of halogens is 1. The molecule has 0 saturated carbocycles. The first-order valence-electron chi connectivity index (χ1n) is 7.41. The van der Waals surface area contributed by atoms with Gasteiger partial charge in [-0.2, -0.15) is 0 Å². The first kappa shape index (κ1) is 20.0. The molecule has 24 heavy (non-hydrogen) atoms. The predicted octanol–water partition coefficient (Wildman–Crippen LogP) is 2.96. The summed E-state index contributed by atoms with van der Waals surface area (Å²) in [4.78, 5) is 16.2. The Bertz CT molecular complexity index is 675. The lowest BCUT2D eigenvalue weighted by atomic mass is 10.1. The third kappa shape index (κ3) is 6.19. The summed E-state index contributed by atoms with van der Waals surface area (Å²) in [7, 11) is 3.50. The summed E-state index contributed by atoms with van der Waals surface area (Å²) in [6, 6.07) is 17.0. The van der Waals surface area contributed by atoms with Crippen LogP contribution in [0.1, 0.15) is 21.5 Å². The SMILES string of the molecule is CN=C(NC)NCc1cccc(C(=O)OCc2ccccc2)c1.I. The Balaban J connectivity index is 0.00000288. The zero-order chi connectivity index (χ0) is 16.5. The normalized spacial score (nSPS) is 10.5. The minimum Gasteiger partial charge on any atom is -0.457 e. The highest BCUT2D eigenvalue weighted by Gasteiger charge is 2.08. The zero-order valence-electron chi connectivity index (χ0n) is 13.8. The number of guanidine groups is 1. The van der Waals surface area contributed by atoms with Crippen molar-refractivity contribution < 1.29 is 9.53 Å². The van der Waals surface area contributed by atoms with Crippen LogP contribution >= 0.6 is 24.0 Å². The molecule has 0 spiro atoms. The molecule has 0 aliphatic rings. The molecule has 0 aromatic heterocycles. The standard InChI is InChI=1S/C18H21N3O2.HI/c1-19-18(20-2)21-12-15-9-6-10-16(11-15)17(22)23-13-14-7-4-3-5-8-14;/h3-11H,12-13H2,1-2H3,(H2,19,20,21);1H. The first-order chi connectivity index (χ1) is 11.2. The summed E-state index contributed by atoms with van der Waals surface area (Å²) < 4.78 is 5.34. The van der Waals surface area contributed by atoms with Gasteiger partial charge in [0.15, 0.2) is 5.96 Å². The number of ether oxygens (including phenoxy) is 1. The minimum absolute atomic E-state index is 0. The number of carbonyl (C=O) groups is 1. The maximum atomic E-state index is 12.1. The average Bonchev–Trinajstić information content (AvgIpc) is 2.61. The van der Waals surface area contributed by atoms with Crippen molar-refractivity contribution in [3.8, 4) is 0 Å². The number of nitrogens with one attached hydrogen (secondary N) is 2. The quantitative estimate of drug-likeness (QED) is 0.326. The van der Waals surface area contributed by atoms with E-state index in [-0.39, 0.29) is 36.6 Å². The van der Waals surface area contributed by atoms with Crippen molar-refractivity contribution in [2.75, 3.05) is 14.1 Å². The fourth-order valence-corrected chi connectivity index (χ4v) is 2.08. The van der Waals surface area contributed by atoms with E-state index in [0.29, 0.717) is 18.1 Å². The molecular formula is C18H22IN3O2. The number of hydrogen-bond acceptors (Lipinski definition) is 3. The number of nitrogens with zero attached hydrogens (tertiary/aromatic N) is 1. The summed E-state index contributed by atoms with van der Waals surface area (Å²) in [5, 5.41) is 6.09. The average molecular weight is 439 g/mol. The van der Waals surface area contributed by atoms with Crippen LogP contribution in [0, 0.1) is 0 Å². The van der Waals surface area contributed by atoms with E-state index < -0.39 is 0 Å². The van der Waals surface area contributed by atoms with Gasteiger partial charge in [0.05, 0.1) is 5.56 Å². The van der Waals surface area contributed by atoms with Crippen LogP contribution in [0.25, 0.3) is 0 Å². The molecule has 128 valence electrons. The van der Waals surface area contributed by atoms with E-state index >= 15 is 0 Å². The summed E-state index contributed by atoms with van der Waals surface area (Å²) in [5.74, 6) is 0.371. The van der Waals surface area contributed by atoms with Crippen LogP contribution in [-0.2, 0) is 17.9 Å². The molecule has 0 fully saturated rings. The van der Waals surface area contributed by atoms with E-state index in [1.165, 1.54) is 0 Å². The van der Waals surface area contributed by atoms with Crippen LogP contribution in [-0.4, -0.2) is 26.0 Å². The molecule has 0 heterocycles. The molecule has 2 aromatic carbocycles. The molecule has 0 amide bonds. The van der Waals surface area contributed by atoms with Gasteiger partial charge in [-0.1, -0.05) is 42.5 Å². The maximum absolute atomic E-state index is 12.1. The second-order valence-electron chi connectivity index (χ2n) is 4.94. The molecule has 0 saturated heterocycles. The highest BCUT2D eigenvalue weighted by Crippen LogP contribution is 2.09. The summed E-state index contributed by atoms with van der Waals surface area (Å²) in [5.41, 5.74) is 2.49. The van der Waals surface area contributed by atoms with Gasteiger partial charge in [-0.15, -0.1) is 24.0 Å². The van der Waals surface area contributed by atoms with E-state index in [4.69, 9.17) is 4.74 Å². The Morgan fingerprint density at radius 1 is 1.08 bits per heavy atom. The van der Waals surface area contributed by atoms with Crippen molar-refractivity contribution in [2.45, 2.75) is 13.2 Å². The maximum Gasteiger partial charge on any atom is 0.338 e. The molecule has 0 aliphatic carbocycles. The Kier molecular flexibility index (Phi) is 8.85. The predicted molar refractivity (Wildman–Crippen MR) is 107 cm³/mol. The highest BCUT2D eigenvalue weighted by molar-refractivity contribution is 14.0. The third-order valence-electron chi connectivity index (χ3n) is 3.30. The van der Waals surface area contributed by atoms with Crippen LogP contribution < -0.4 is 10.6 Å². The van der Waals surface area contributed by atoms with E-state index in [1.807, 2.05) is 48.5 Å². The molecule has 0 atom stereocenters. The zero-order valence-corrected chi connectivity index (χ0v) is 16.1. The second-order valence-corrected chi connectivity index (χ2v) is 4.94. The van der Waals surface area contributed by atoms with Gasteiger partial charge in [-0.25, -0.2) is 4.79 Å². The third-order valence-corrected chi connectivity index (χ3v) is 3.30. The van der Waals surface area contributed by atoms with Gasteiger partial charge in [0.2, 0.25) is 0 Å². The molecule has 0 radical (unpaired) electrons. The van der Waals surface area contributed by atoms with Crippen molar-refractivity contribution in [2.24, 2.45) is 4.99 Å². The van der Waals surface area contributed by atoms with Gasteiger partial charge in [0, 0.05) is 20.6 Å². The number of hydrogen-bond donors (Lipinski definition) is 2. The Hall–Kier alpha value is -2.09. The molecule has 2 aromatic rings. The van der Waals surface area contributed by atoms with Gasteiger partial charge in [0.1, 0.15) is 6.61 Å². The number of esters is 1. The molecule has 2 N–H and O–H groups in total.